The standard InChI is InChI=1S/C31H41N7O9/c1-16(2)21-9-4-17(3)12-23(21)47-31(46)37(14-20-13-33-26-25(38(20)15-39)28(43)36-30(32)35-26)19-7-5-18(6-8-19)27(42)34-22(29(44)45)10-11-24(40)41/h5-8,15-17,20-23H,4,9-14H2,1-3H3,(H,34,42)(H,40,41)(H,44,45)(H4,32,33,35,36,43)/t17-,20+,21+,22+,23-/m1/s1. The number of carboxylic acid groups (broad SMARTS) is 2. The number of ether oxygens (including phenoxy) is 1. The summed E-state index contributed by atoms with van der Waals surface area (Å²) in [5, 5.41) is 23.7. The molecule has 1 saturated carbocycles. The van der Waals surface area contributed by atoms with Gasteiger partial charge >= 0.3 is 18.0 Å². The molecule has 2 aromatic rings. The molecule has 7 N–H and O–H groups in total. The van der Waals surface area contributed by atoms with Gasteiger partial charge in [0.2, 0.25) is 12.4 Å². The maximum absolute atomic E-state index is 14.0. The highest BCUT2D eigenvalue weighted by Crippen LogP contribution is 2.36. The van der Waals surface area contributed by atoms with Crippen molar-refractivity contribution in [2.45, 2.75) is 71.1 Å². The number of aromatic nitrogens is 2. The van der Waals surface area contributed by atoms with Gasteiger partial charge < -0.3 is 36.2 Å². The minimum absolute atomic E-state index is 0.0531. The van der Waals surface area contributed by atoms with Crippen LogP contribution in [0.25, 0.3) is 0 Å². The number of rotatable bonds is 12. The van der Waals surface area contributed by atoms with Crippen molar-refractivity contribution in [3.05, 3.63) is 40.2 Å². The van der Waals surface area contributed by atoms with Gasteiger partial charge in [0, 0.05) is 24.2 Å². The molecular weight excluding hydrogens is 614 g/mol. The molecule has 254 valence electrons. The van der Waals surface area contributed by atoms with Crippen molar-refractivity contribution in [3.63, 3.8) is 0 Å². The Balaban J connectivity index is 1.62. The van der Waals surface area contributed by atoms with Crippen molar-refractivity contribution >= 4 is 53.5 Å². The van der Waals surface area contributed by atoms with E-state index in [2.05, 4.69) is 41.4 Å². The average molecular weight is 656 g/mol. The molecule has 1 aromatic heterocycles. The molecule has 1 aromatic carbocycles. The highest BCUT2D eigenvalue weighted by atomic mass is 16.6. The van der Waals surface area contributed by atoms with E-state index in [-0.39, 0.29) is 60.5 Å². The van der Waals surface area contributed by atoms with Gasteiger partial charge in [-0.3, -0.25) is 29.1 Å². The fourth-order valence-electron chi connectivity index (χ4n) is 6.13. The Morgan fingerprint density at radius 1 is 1.19 bits per heavy atom. The largest absolute Gasteiger partial charge is 0.481 e. The Kier molecular flexibility index (Phi) is 11.1. The summed E-state index contributed by atoms with van der Waals surface area (Å²) in [6, 6.07) is 3.60. The van der Waals surface area contributed by atoms with E-state index in [0.717, 1.165) is 12.8 Å². The molecule has 2 aliphatic rings. The minimum atomic E-state index is -1.42. The lowest BCUT2D eigenvalue weighted by Crippen LogP contribution is -2.54. The molecule has 0 bridgehead atoms. The molecule has 16 heteroatoms. The number of carbonyl (C=O) groups is 5. The fraction of sp³-hybridized carbons (Fsp3) is 0.516. The first kappa shape index (κ1) is 34.7. The topological polar surface area (TPSA) is 237 Å². The van der Waals surface area contributed by atoms with E-state index >= 15 is 0 Å². The minimum Gasteiger partial charge on any atom is -0.481 e. The average Bonchev–Trinajstić information content (AvgIpc) is 3.01. The van der Waals surface area contributed by atoms with Crippen LogP contribution in [0.5, 0.6) is 0 Å². The Hall–Kier alpha value is -5.15. The molecule has 0 unspecified atom stereocenters. The van der Waals surface area contributed by atoms with Crippen LogP contribution in [0.2, 0.25) is 0 Å². The lowest BCUT2D eigenvalue weighted by Gasteiger charge is -2.39. The van der Waals surface area contributed by atoms with Crippen LogP contribution in [-0.2, 0) is 19.1 Å². The van der Waals surface area contributed by atoms with Crippen LogP contribution < -0.4 is 31.7 Å². The van der Waals surface area contributed by atoms with Crippen molar-refractivity contribution < 1.29 is 38.9 Å². The summed E-state index contributed by atoms with van der Waals surface area (Å²) >= 11 is 0. The van der Waals surface area contributed by atoms with E-state index in [9.17, 15) is 33.9 Å². The van der Waals surface area contributed by atoms with Gasteiger partial charge in [-0.05, 0) is 61.3 Å². The molecule has 16 nitrogen and oxygen atoms in total. The second-order valence-electron chi connectivity index (χ2n) is 12.4. The second kappa shape index (κ2) is 15.0. The predicted molar refractivity (Wildman–Crippen MR) is 171 cm³/mol. The van der Waals surface area contributed by atoms with Gasteiger partial charge in [0.25, 0.3) is 11.5 Å². The molecule has 1 aliphatic carbocycles. The van der Waals surface area contributed by atoms with Gasteiger partial charge in [-0.1, -0.05) is 27.2 Å². The summed E-state index contributed by atoms with van der Waals surface area (Å²) in [6.45, 7) is 6.30. The summed E-state index contributed by atoms with van der Waals surface area (Å²) in [6.07, 6.45) is 1.33. The van der Waals surface area contributed by atoms with E-state index in [1.165, 1.54) is 34.1 Å². The SMILES string of the molecule is CC(C)[C@@H]1CC[C@@H](C)C[C@H]1OC(=O)N(C[C@@H]1CNc2nc(N)[nH]c(=O)c2N1C=O)c1ccc(C(=O)N[C@@H](CCC(=O)O)C(=O)O)cc1. The zero-order valence-electron chi connectivity index (χ0n) is 26.5. The number of aliphatic carboxylic acids is 2. The summed E-state index contributed by atoms with van der Waals surface area (Å²) in [7, 11) is 0. The van der Waals surface area contributed by atoms with Crippen molar-refractivity contribution in [3.8, 4) is 0 Å². The molecule has 0 spiro atoms. The smallest absolute Gasteiger partial charge is 0.414 e. The zero-order valence-corrected chi connectivity index (χ0v) is 26.5. The van der Waals surface area contributed by atoms with Gasteiger partial charge in [-0.15, -0.1) is 0 Å². The first-order valence-corrected chi connectivity index (χ1v) is 15.5. The number of hydrogen-bond acceptors (Lipinski definition) is 10. The highest BCUT2D eigenvalue weighted by molar-refractivity contribution is 5.97. The lowest BCUT2D eigenvalue weighted by atomic mass is 9.75. The van der Waals surface area contributed by atoms with Crippen LogP contribution in [0, 0.1) is 17.8 Å². The summed E-state index contributed by atoms with van der Waals surface area (Å²) in [5.74, 6) is -2.54. The van der Waals surface area contributed by atoms with Gasteiger partial charge in [-0.2, -0.15) is 4.98 Å². The van der Waals surface area contributed by atoms with Gasteiger partial charge in [-0.25, -0.2) is 9.59 Å². The molecule has 47 heavy (non-hydrogen) atoms. The van der Waals surface area contributed by atoms with Crippen LogP contribution in [0.1, 0.15) is 63.2 Å². The molecule has 4 rings (SSSR count). The number of benzene rings is 1. The number of nitrogens with zero attached hydrogens (tertiary/aromatic N) is 3. The number of nitrogens with two attached hydrogens (primary N) is 1. The van der Waals surface area contributed by atoms with Gasteiger partial charge in [0.05, 0.1) is 12.6 Å². The first-order chi connectivity index (χ1) is 22.3. The molecule has 3 amide bonds. The van der Waals surface area contributed by atoms with Crippen LogP contribution in [-0.4, -0.2) is 81.8 Å². The number of aromatic amines is 1. The zero-order chi connectivity index (χ0) is 34.4. The van der Waals surface area contributed by atoms with Gasteiger partial charge in [0.15, 0.2) is 11.5 Å². The molecule has 0 radical (unpaired) electrons. The van der Waals surface area contributed by atoms with E-state index in [1.807, 2.05) is 0 Å². The molecule has 2 heterocycles. The number of anilines is 4. The first-order valence-electron chi connectivity index (χ1n) is 15.5. The third kappa shape index (κ3) is 8.37. The molecule has 1 aliphatic heterocycles. The van der Waals surface area contributed by atoms with Crippen LogP contribution in [0.15, 0.2) is 29.1 Å². The Morgan fingerprint density at radius 2 is 1.89 bits per heavy atom. The summed E-state index contributed by atoms with van der Waals surface area (Å²) in [4.78, 5) is 83.3. The molecule has 5 atom stereocenters. The Morgan fingerprint density at radius 3 is 2.51 bits per heavy atom. The van der Waals surface area contributed by atoms with E-state index in [1.54, 1.807) is 0 Å². The quantitative estimate of drug-likeness (QED) is 0.181. The molecular formula is C31H41N7O9. The third-order valence-corrected chi connectivity index (χ3v) is 8.70. The maximum atomic E-state index is 14.0. The van der Waals surface area contributed by atoms with E-state index in [4.69, 9.17) is 15.6 Å². The van der Waals surface area contributed by atoms with Crippen LogP contribution in [0.4, 0.5) is 27.9 Å². The van der Waals surface area contributed by atoms with Crippen LogP contribution >= 0.6 is 0 Å². The van der Waals surface area contributed by atoms with E-state index in [0.29, 0.717) is 24.4 Å². The van der Waals surface area contributed by atoms with Gasteiger partial charge in [0.1, 0.15) is 12.1 Å². The number of nitrogen functional groups attached to an aromatic ring is 1. The van der Waals surface area contributed by atoms with Crippen LogP contribution in [0.3, 0.4) is 0 Å². The predicted octanol–water partition coefficient (Wildman–Crippen LogP) is 2.26. The Bertz CT molecular complexity index is 1540. The highest BCUT2D eigenvalue weighted by Gasteiger charge is 2.37. The number of carbonyl (C=O) groups excluding carboxylic acids is 3. The number of nitrogens with one attached hydrogen (secondary N) is 3. The second-order valence-corrected chi connectivity index (χ2v) is 12.4. The molecule has 1 fully saturated rings. The third-order valence-electron chi connectivity index (χ3n) is 8.70. The number of H-pyrrole nitrogens is 1. The number of fused-ring (bicyclic) bond motifs is 1. The normalized spacial score (nSPS) is 21.1. The van der Waals surface area contributed by atoms with E-state index < -0.39 is 48.0 Å². The Labute approximate surface area is 270 Å². The summed E-state index contributed by atoms with van der Waals surface area (Å²) in [5.41, 5.74) is 5.37. The number of carboxylic acids is 2. The lowest BCUT2D eigenvalue weighted by molar-refractivity contribution is -0.140. The summed E-state index contributed by atoms with van der Waals surface area (Å²) < 4.78 is 6.14. The monoisotopic (exact) mass is 655 g/mol. The molecule has 0 saturated heterocycles. The van der Waals surface area contributed by atoms with Crippen molar-refractivity contribution in [2.24, 2.45) is 17.8 Å². The fourth-order valence-corrected chi connectivity index (χ4v) is 6.13. The van der Waals surface area contributed by atoms with Crippen molar-refractivity contribution in [2.75, 3.05) is 33.9 Å². The number of hydrogen-bond donors (Lipinski definition) is 6. The van der Waals surface area contributed by atoms with Crippen molar-refractivity contribution in [1.82, 2.24) is 15.3 Å². The maximum Gasteiger partial charge on any atom is 0.414 e. The number of amides is 3. The van der Waals surface area contributed by atoms with Crippen molar-refractivity contribution in [1.29, 1.82) is 0 Å².